The number of fused-ring (bicyclic) bond motifs is 1. The van der Waals surface area contributed by atoms with E-state index in [9.17, 15) is 9.90 Å². The number of rotatable bonds is 5. The first-order chi connectivity index (χ1) is 16.7. The lowest BCUT2D eigenvalue weighted by Crippen LogP contribution is -2.54. The first kappa shape index (κ1) is 24.0. The van der Waals surface area contributed by atoms with Crippen LogP contribution in [0.15, 0.2) is 65.3 Å². The zero-order valence-electron chi connectivity index (χ0n) is 18.3. The Kier molecular flexibility index (Phi) is 6.24. The fourth-order valence-electron chi connectivity index (χ4n) is 4.77. The molecule has 0 bridgehead atoms. The maximum absolute atomic E-state index is 17.1. The number of aliphatic hydroxyl groups is 1. The van der Waals surface area contributed by atoms with Crippen molar-refractivity contribution in [2.75, 3.05) is 0 Å². The molecule has 35 heavy (non-hydrogen) atoms. The van der Waals surface area contributed by atoms with Crippen LogP contribution in [0.3, 0.4) is 0 Å². The van der Waals surface area contributed by atoms with E-state index in [1.54, 1.807) is 42.5 Å². The number of hydrogen-bond donors (Lipinski definition) is 2. The number of Topliss-reactive ketones (excluding diaryl/α,β-unsaturated/α-hetero) is 1. The topological polar surface area (TPSA) is 95.2 Å². The summed E-state index contributed by atoms with van der Waals surface area (Å²) in [5.41, 5.74) is -0.825. The van der Waals surface area contributed by atoms with Gasteiger partial charge < -0.3 is 9.84 Å². The summed E-state index contributed by atoms with van der Waals surface area (Å²) in [5.74, 6) is -2.89. The van der Waals surface area contributed by atoms with Crippen molar-refractivity contribution in [1.29, 1.82) is 5.26 Å². The van der Waals surface area contributed by atoms with Gasteiger partial charge >= 0.3 is 0 Å². The zero-order valence-corrected chi connectivity index (χ0v) is 20.7. The van der Waals surface area contributed by atoms with Crippen molar-refractivity contribution < 1.29 is 19.0 Å². The molecule has 4 atom stereocenters. The monoisotopic (exact) mass is 555 g/mol. The summed E-state index contributed by atoms with van der Waals surface area (Å²) >= 11 is 9.46. The molecule has 0 radical (unpaired) electrons. The van der Waals surface area contributed by atoms with E-state index in [4.69, 9.17) is 21.6 Å². The number of alkyl halides is 1. The molecule has 2 heterocycles. The number of halogens is 3. The summed E-state index contributed by atoms with van der Waals surface area (Å²) in [5, 5.41) is 22.5. The number of pyridine rings is 1. The van der Waals surface area contributed by atoms with Gasteiger partial charge in [0.25, 0.3) is 0 Å². The summed E-state index contributed by atoms with van der Waals surface area (Å²) in [7, 11) is 0. The van der Waals surface area contributed by atoms with Gasteiger partial charge in [-0.2, -0.15) is 5.26 Å². The minimum absolute atomic E-state index is 0.0178. The van der Waals surface area contributed by atoms with Crippen molar-refractivity contribution in [3.8, 4) is 6.07 Å². The molecule has 4 unspecified atom stereocenters. The third kappa shape index (κ3) is 4.18. The van der Waals surface area contributed by atoms with E-state index < -0.39 is 29.5 Å². The number of carbonyl (C=O) groups is 1. The Morgan fingerprint density at radius 2 is 1.97 bits per heavy atom. The number of ketones is 1. The highest BCUT2D eigenvalue weighted by molar-refractivity contribution is 9.10. The van der Waals surface area contributed by atoms with Crippen LogP contribution >= 0.6 is 27.5 Å². The first-order valence-electron chi connectivity index (χ1n) is 11.1. The molecule has 5 rings (SSSR count). The molecule has 2 N–H and O–H groups in total. The first-order valence-corrected chi connectivity index (χ1v) is 12.2. The maximum atomic E-state index is 17.1. The van der Waals surface area contributed by atoms with Gasteiger partial charge in [-0.25, -0.2) is 9.71 Å². The maximum Gasteiger partial charge on any atom is 0.232 e. The second-order valence-electron chi connectivity index (χ2n) is 8.74. The molecule has 0 saturated heterocycles. The molecule has 1 aliphatic carbocycles. The van der Waals surface area contributed by atoms with Gasteiger partial charge in [0.1, 0.15) is 11.8 Å². The second kappa shape index (κ2) is 9.08. The third-order valence-corrected chi connectivity index (χ3v) is 7.21. The fraction of sp³-hybridized carbons (Fsp3) is 0.269. The van der Waals surface area contributed by atoms with Crippen LogP contribution < -0.4 is 5.32 Å². The van der Waals surface area contributed by atoms with Gasteiger partial charge in [-0.05, 0) is 55.7 Å². The highest BCUT2D eigenvalue weighted by Gasteiger charge is 2.59. The van der Waals surface area contributed by atoms with Crippen molar-refractivity contribution in [3.05, 3.63) is 98.2 Å². The molecule has 178 valence electrons. The van der Waals surface area contributed by atoms with Gasteiger partial charge in [0.2, 0.25) is 17.3 Å². The van der Waals surface area contributed by atoms with Crippen LogP contribution in [-0.4, -0.2) is 28.1 Å². The van der Waals surface area contributed by atoms with Gasteiger partial charge in [0, 0.05) is 32.4 Å². The Hall–Kier alpha value is -2.67. The van der Waals surface area contributed by atoms with Crippen molar-refractivity contribution in [3.63, 3.8) is 0 Å². The van der Waals surface area contributed by atoms with E-state index in [-0.39, 0.29) is 16.8 Å². The van der Waals surface area contributed by atoms with E-state index in [1.807, 2.05) is 6.07 Å². The minimum Gasteiger partial charge on any atom is -0.393 e. The van der Waals surface area contributed by atoms with Crippen molar-refractivity contribution in [2.24, 2.45) is 0 Å². The number of nitriles is 1. The quantitative estimate of drug-likeness (QED) is 0.335. The van der Waals surface area contributed by atoms with E-state index in [2.05, 4.69) is 26.2 Å². The van der Waals surface area contributed by atoms with Crippen LogP contribution in [-0.2, 0) is 16.3 Å². The van der Waals surface area contributed by atoms with Gasteiger partial charge in [0.15, 0.2) is 0 Å². The van der Waals surface area contributed by atoms with Crippen LogP contribution in [0.1, 0.15) is 52.0 Å². The zero-order chi connectivity index (χ0) is 24.8. The smallest absolute Gasteiger partial charge is 0.232 e. The van der Waals surface area contributed by atoms with E-state index >= 15 is 4.39 Å². The summed E-state index contributed by atoms with van der Waals surface area (Å²) in [6.45, 7) is 0. The van der Waals surface area contributed by atoms with Crippen LogP contribution in [0.4, 0.5) is 4.39 Å². The molecule has 1 saturated carbocycles. The summed E-state index contributed by atoms with van der Waals surface area (Å²) in [6, 6.07) is 16.1. The fourth-order valence-corrected chi connectivity index (χ4v) is 5.25. The molecule has 2 aromatic carbocycles. The number of nitrogens with zero attached hydrogens (tertiary/aromatic N) is 2. The van der Waals surface area contributed by atoms with E-state index in [1.165, 1.54) is 18.3 Å². The molecule has 0 amide bonds. The lowest BCUT2D eigenvalue weighted by molar-refractivity contribution is -0.107. The molecule has 2 aliphatic rings. The molecule has 1 aromatic heterocycles. The van der Waals surface area contributed by atoms with Gasteiger partial charge in [-0.1, -0.05) is 45.7 Å². The largest absolute Gasteiger partial charge is 0.393 e. The molecule has 9 heteroatoms. The van der Waals surface area contributed by atoms with Gasteiger partial charge in [0.05, 0.1) is 17.8 Å². The molecule has 6 nitrogen and oxygen atoms in total. The van der Waals surface area contributed by atoms with Crippen LogP contribution in [0, 0.1) is 11.3 Å². The summed E-state index contributed by atoms with van der Waals surface area (Å²) in [6.07, 6.45) is 1.62. The number of carbonyl (C=O) groups excluding carboxylic acids is 1. The molecular formula is C26H20BrClFN3O3. The SMILES string of the molecule is N#Cc1ccc(C(=O)C2(OC3CCC(O)C3)NC(F)(c3ccc(Cl)cc3)c3cc(Br)ccc32)nc1. The number of aromatic nitrogens is 1. The number of benzene rings is 2. The van der Waals surface area contributed by atoms with Gasteiger partial charge in [-0.15, -0.1) is 0 Å². The van der Waals surface area contributed by atoms with Gasteiger partial charge in [-0.3, -0.25) is 9.78 Å². The number of ether oxygens (including phenoxy) is 1. The average Bonchev–Trinajstić information content (AvgIpc) is 3.38. The van der Waals surface area contributed by atoms with Crippen molar-refractivity contribution >= 4 is 33.3 Å². The lowest BCUT2D eigenvalue weighted by atomic mass is 9.92. The normalized spacial score (nSPS) is 27.4. The Bertz CT molecular complexity index is 1330. The van der Waals surface area contributed by atoms with Crippen molar-refractivity contribution in [1.82, 2.24) is 10.3 Å². The second-order valence-corrected chi connectivity index (χ2v) is 10.1. The number of hydrogen-bond acceptors (Lipinski definition) is 6. The number of aliphatic hydroxyl groups excluding tert-OH is 1. The summed E-state index contributed by atoms with van der Waals surface area (Å²) in [4.78, 5) is 18.2. The molecule has 3 aromatic rings. The highest BCUT2D eigenvalue weighted by atomic mass is 79.9. The Labute approximate surface area is 214 Å². The van der Waals surface area contributed by atoms with E-state index in [0.717, 1.165) is 0 Å². The van der Waals surface area contributed by atoms with Crippen molar-refractivity contribution in [2.45, 2.75) is 43.0 Å². The third-order valence-electron chi connectivity index (χ3n) is 6.47. The van der Waals surface area contributed by atoms with E-state index in [0.29, 0.717) is 39.9 Å². The molecule has 0 spiro atoms. The van der Waals surface area contributed by atoms with Crippen LogP contribution in [0.25, 0.3) is 0 Å². The standard InChI is InChI=1S/C26H20BrClFN3O3/c27-17-4-9-21-22(11-17)25(29,16-2-5-18(28)6-3-16)32-26(21,35-20-8-7-19(33)12-20)24(34)23-10-1-15(13-30)14-31-23/h1-6,9-11,14,19-20,32-33H,7-8,12H2. The molecule has 1 aliphatic heterocycles. The Morgan fingerprint density at radius 3 is 2.60 bits per heavy atom. The number of nitrogens with one attached hydrogen (secondary N) is 1. The minimum atomic E-state index is -2.29. The lowest BCUT2D eigenvalue weighted by Gasteiger charge is -2.34. The Morgan fingerprint density at radius 1 is 1.20 bits per heavy atom. The van der Waals surface area contributed by atoms with Crippen LogP contribution in [0.5, 0.6) is 0 Å². The molecule has 1 fully saturated rings. The molecular weight excluding hydrogens is 537 g/mol. The summed E-state index contributed by atoms with van der Waals surface area (Å²) < 4.78 is 24.1. The predicted molar refractivity (Wildman–Crippen MR) is 130 cm³/mol. The Balaban J connectivity index is 1.69. The highest BCUT2D eigenvalue weighted by Crippen LogP contribution is 2.50. The predicted octanol–water partition coefficient (Wildman–Crippen LogP) is 5.11. The van der Waals surface area contributed by atoms with Crippen LogP contribution in [0.2, 0.25) is 5.02 Å². The average molecular weight is 557 g/mol.